The Morgan fingerprint density at radius 3 is 1.21 bits per heavy atom. The van der Waals surface area contributed by atoms with E-state index in [9.17, 15) is 10.2 Å². The van der Waals surface area contributed by atoms with Crippen LogP contribution in [-0.4, -0.2) is 51.3 Å². The molecular weight excluding hydrogens is 384 g/mol. The van der Waals surface area contributed by atoms with Crippen LogP contribution in [0, 0.1) is 23.7 Å². The fourth-order valence-electron chi connectivity index (χ4n) is 2.06. The molecule has 0 aliphatic heterocycles. The lowest BCUT2D eigenvalue weighted by Crippen LogP contribution is -2.54. The molecule has 0 aromatic rings. The highest BCUT2D eigenvalue weighted by atomic mass is 28.4. The summed E-state index contributed by atoms with van der Waals surface area (Å²) in [6.07, 6.45) is -0.739. The van der Waals surface area contributed by atoms with Crippen molar-refractivity contribution >= 4 is 16.6 Å². The summed E-state index contributed by atoms with van der Waals surface area (Å²) in [6, 6.07) is 0. The zero-order valence-electron chi connectivity index (χ0n) is 19.2. The van der Waals surface area contributed by atoms with Gasteiger partial charge in [-0.1, -0.05) is 65.2 Å². The molecule has 0 radical (unpaired) electrons. The highest BCUT2D eigenvalue weighted by molar-refractivity contribution is 6.74. The standard InChI is InChI=1S/C22H38O4Si2/c1-21(2,3)27(7,8)25-17-15-13-11-12-14-16-18(20(24)19(17)23)26-28(9,10)22(4,5)6/h11-12,17-20,23-24H,1-10H3/b12-11-/t17-,18-,19+,20+/m1/s1. The van der Waals surface area contributed by atoms with Crippen LogP contribution >= 0.6 is 0 Å². The van der Waals surface area contributed by atoms with Gasteiger partial charge in [-0.3, -0.25) is 0 Å². The van der Waals surface area contributed by atoms with Gasteiger partial charge in [0.15, 0.2) is 16.6 Å². The van der Waals surface area contributed by atoms with Crippen molar-refractivity contribution < 1.29 is 19.1 Å². The molecule has 6 heteroatoms. The van der Waals surface area contributed by atoms with Gasteiger partial charge in [0.1, 0.15) is 24.4 Å². The Bertz CT molecular complexity index is 630. The van der Waals surface area contributed by atoms with Crippen molar-refractivity contribution in [1.82, 2.24) is 0 Å². The van der Waals surface area contributed by atoms with Gasteiger partial charge in [-0.05, 0) is 48.4 Å². The Hall–Kier alpha value is -0.866. The molecule has 2 N–H and O–H groups in total. The average molecular weight is 423 g/mol. The molecule has 0 amide bonds. The summed E-state index contributed by atoms with van der Waals surface area (Å²) < 4.78 is 12.7. The van der Waals surface area contributed by atoms with Gasteiger partial charge in [0.25, 0.3) is 0 Å². The molecule has 4 nitrogen and oxygen atoms in total. The predicted octanol–water partition coefficient (Wildman–Crippen LogP) is 4.07. The van der Waals surface area contributed by atoms with Crippen LogP contribution in [0.2, 0.25) is 36.3 Å². The number of allylic oxidation sites excluding steroid dienone is 2. The second kappa shape index (κ2) is 8.87. The summed E-state index contributed by atoms with van der Waals surface area (Å²) >= 11 is 0. The van der Waals surface area contributed by atoms with Crippen LogP contribution in [0.1, 0.15) is 41.5 Å². The van der Waals surface area contributed by atoms with Gasteiger partial charge in [-0.15, -0.1) is 0 Å². The average Bonchev–Trinajstić information content (AvgIpc) is 2.51. The van der Waals surface area contributed by atoms with Crippen molar-refractivity contribution in [2.45, 2.75) is 102 Å². The topological polar surface area (TPSA) is 58.9 Å². The van der Waals surface area contributed by atoms with Gasteiger partial charge in [-0.25, -0.2) is 0 Å². The maximum absolute atomic E-state index is 10.9. The summed E-state index contributed by atoms with van der Waals surface area (Å²) in [4.78, 5) is 0. The minimum Gasteiger partial charge on any atom is -0.401 e. The molecule has 0 aromatic carbocycles. The molecular formula is C22H38O4Si2. The Labute approximate surface area is 174 Å². The van der Waals surface area contributed by atoms with Crippen LogP contribution in [0.25, 0.3) is 0 Å². The molecule has 1 rings (SSSR count). The highest BCUT2D eigenvalue weighted by Gasteiger charge is 2.45. The van der Waals surface area contributed by atoms with E-state index in [1.54, 1.807) is 12.2 Å². The van der Waals surface area contributed by atoms with Gasteiger partial charge in [-0.2, -0.15) is 0 Å². The molecule has 1 aliphatic carbocycles. The van der Waals surface area contributed by atoms with Gasteiger partial charge < -0.3 is 19.1 Å². The van der Waals surface area contributed by atoms with Crippen molar-refractivity contribution in [1.29, 1.82) is 0 Å². The van der Waals surface area contributed by atoms with Gasteiger partial charge in [0.2, 0.25) is 0 Å². The first-order valence-corrected chi connectivity index (χ1v) is 15.7. The molecule has 158 valence electrons. The largest absolute Gasteiger partial charge is 0.401 e. The monoisotopic (exact) mass is 422 g/mol. The number of hydrogen-bond donors (Lipinski definition) is 2. The number of hydrogen-bond acceptors (Lipinski definition) is 4. The summed E-state index contributed by atoms with van der Waals surface area (Å²) in [5.41, 5.74) is 0. The predicted molar refractivity (Wildman–Crippen MR) is 121 cm³/mol. The molecule has 0 saturated heterocycles. The number of aliphatic hydroxyl groups is 2. The first kappa shape index (κ1) is 25.2. The third-order valence-electron chi connectivity index (χ3n) is 6.13. The van der Waals surface area contributed by atoms with E-state index in [0.717, 1.165) is 0 Å². The highest BCUT2D eigenvalue weighted by Crippen LogP contribution is 2.39. The summed E-state index contributed by atoms with van der Waals surface area (Å²) in [7, 11) is -4.39. The Morgan fingerprint density at radius 1 is 0.679 bits per heavy atom. The maximum atomic E-state index is 10.9. The smallest absolute Gasteiger partial charge is 0.193 e. The molecule has 4 atom stereocenters. The van der Waals surface area contributed by atoms with Crippen molar-refractivity contribution in [3.8, 4) is 23.7 Å². The Balaban J connectivity index is 3.22. The maximum Gasteiger partial charge on any atom is 0.193 e. The van der Waals surface area contributed by atoms with E-state index < -0.39 is 41.1 Å². The molecule has 0 unspecified atom stereocenters. The van der Waals surface area contributed by atoms with Gasteiger partial charge in [0, 0.05) is 0 Å². The third-order valence-corrected chi connectivity index (χ3v) is 15.0. The zero-order chi connectivity index (χ0) is 22.0. The van der Waals surface area contributed by atoms with Crippen LogP contribution in [0.3, 0.4) is 0 Å². The van der Waals surface area contributed by atoms with Crippen molar-refractivity contribution in [2.24, 2.45) is 0 Å². The van der Waals surface area contributed by atoms with Crippen molar-refractivity contribution in [3.63, 3.8) is 0 Å². The van der Waals surface area contributed by atoms with E-state index in [1.165, 1.54) is 0 Å². The summed E-state index contributed by atoms with van der Waals surface area (Å²) in [5.74, 6) is 11.7. The number of rotatable bonds is 4. The second-order valence-electron chi connectivity index (χ2n) is 10.5. The van der Waals surface area contributed by atoms with Gasteiger partial charge >= 0.3 is 0 Å². The minimum absolute atomic E-state index is 0.0403. The van der Waals surface area contributed by atoms with E-state index in [1.807, 2.05) is 0 Å². The second-order valence-corrected chi connectivity index (χ2v) is 20.0. The van der Waals surface area contributed by atoms with E-state index in [4.69, 9.17) is 8.85 Å². The van der Waals surface area contributed by atoms with Gasteiger partial charge in [0.05, 0.1) is 0 Å². The van der Waals surface area contributed by atoms with E-state index in [0.29, 0.717) is 0 Å². The molecule has 0 spiro atoms. The first-order valence-electron chi connectivity index (χ1n) is 9.88. The van der Waals surface area contributed by atoms with Crippen LogP contribution in [0.5, 0.6) is 0 Å². The summed E-state index contributed by atoms with van der Waals surface area (Å²) in [6.45, 7) is 21.2. The van der Waals surface area contributed by atoms with E-state index >= 15 is 0 Å². The van der Waals surface area contributed by atoms with E-state index in [-0.39, 0.29) is 10.1 Å². The summed E-state index contributed by atoms with van der Waals surface area (Å²) in [5, 5.41) is 21.8. The van der Waals surface area contributed by atoms with Crippen LogP contribution in [-0.2, 0) is 8.85 Å². The van der Waals surface area contributed by atoms with Crippen LogP contribution in [0.4, 0.5) is 0 Å². The molecule has 0 heterocycles. The fourth-order valence-corrected chi connectivity index (χ4v) is 4.43. The zero-order valence-corrected chi connectivity index (χ0v) is 21.2. The normalized spacial score (nSPS) is 27.9. The minimum atomic E-state index is -2.20. The Kier molecular flexibility index (Phi) is 7.98. The molecule has 0 bridgehead atoms. The molecule has 0 saturated carbocycles. The van der Waals surface area contributed by atoms with Crippen LogP contribution in [0.15, 0.2) is 12.2 Å². The molecule has 0 fully saturated rings. The van der Waals surface area contributed by atoms with Crippen molar-refractivity contribution in [2.75, 3.05) is 0 Å². The third kappa shape index (κ3) is 6.32. The fraction of sp³-hybridized carbons (Fsp3) is 0.727. The lowest BCUT2D eigenvalue weighted by atomic mass is 10.0. The first-order chi connectivity index (χ1) is 12.5. The Morgan fingerprint density at radius 2 is 0.964 bits per heavy atom. The van der Waals surface area contributed by atoms with Crippen molar-refractivity contribution in [3.05, 3.63) is 12.2 Å². The lowest BCUT2D eigenvalue weighted by molar-refractivity contribution is -0.0687. The quantitative estimate of drug-likeness (QED) is 0.530. The molecule has 28 heavy (non-hydrogen) atoms. The molecule has 1 aliphatic rings. The number of aliphatic hydroxyl groups excluding tert-OH is 2. The van der Waals surface area contributed by atoms with E-state index in [2.05, 4.69) is 91.4 Å². The molecule has 0 aromatic heterocycles. The lowest BCUT2D eigenvalue weighted by Gasteiger charge is -2.42. The van der Waals surface area contributed by atoms with Crippen LogP contribution < -0.4 is 0 Å². The SMILES string of the molecule is CC(C)(C)[Si](C)(C)O[C@@H]1C#C/C=C\C#C[C@@H](O[Si](C)(C)C(C)(C)C)[C@H](O)[C@H]1O.